The molecule has 1 aromatic carbocycles. The lowest BCUT2D eigenvalue weighted by atomic mass is 10.2. The van der Waals surface area contributed by atoms with Crippen LogP contribution >= 0.6 is 11.3 Å². The van der Waals surface area contributed by atoms with Gasteiger partial charge < -0.3 is 10.5 Å². The summed E-state index contributed by atoms with van der Waals surface area (Å²) < 4.78 is 44.0. The normalized spacial score (nSPS) is 12.0. The fraction of sp³-hybridized carbons (Fsp3) is 0.222. The maximum absolute atomic E-state index is 12.6. The molecule has 0 aliphatic rings. The third-order valence-corrected chi connectivity index (χ3v) is 5.04. The van der Waals surface area contributed by atoms with E-state index in [1.54, 1.807) is 12.1 Å². The number of nitrogens with zero attached hydrogens (tertiary/aromatic N) is 3. The largest absolute Gasteiger partial charge is 0.435 e. The van der Waals surface area contributed by atoms with Gasteiger partial charge in [0.05, 0.1) is 19.4 Å². The average Bonchev–Trinajstić information content (AvgIpc) is 3.28. The highest BCUT2D eigenvalue weighted by Gasteiger charge is 2.10. The number of rotatable bonds is 8. The molecule has 0 unspecified atom stereocenters. The topological polar surface area (TPSA) is 75.1 Å². The Morgan fingerprint density at radius 2 is 2.00 bits per heavy atom. The molecular weight excluding hydrogens is 393 g/mol. The summed E-state index contributed by atoms with van der Waals surface area (Å²) in [5.74, 6) is 0.0914. The molecule has 2 aromatic heterocycles. The molecule has 10 heteroatoms. The third kappa shape index (κ3) is 4.70. The minimum absolute atomic E-state index is 0.00155. The van der Waals surface area contributed by atoms with E-state index in [2.05, 4.69) is 9.84 Å². The van der Waals surface area contributed by atoms with E-state index in [-0.39, 0.29) is 30.1 Å². The summed E-state index contributed by atoms with van der Waals surface area (Å²) in [5, 5.41) is 3.98. The van der Waals surface area contributed by atoms with Gasteiger partial charge in [-0.15, -0.1) is 11.3 Å². The minimum atomic E-state index is -2.86. The van der Waals surface area contributed by atoms with Crippen LogP contribution in [-0.2, 0) is 13.1 Å². The first kappa shape index (κ1) is 19.9. The van der Waals surface area contributed by atoms with Gasteiger partial charge in [0.1, 0.15) is 12.1 Å². The molecule has 2 N–H and O–H groups in total. The van der Waals surface area contributed by atoms with Gasteiger partial charge in [0.2, 0.25) is 0 Å². The second-order valence-electron chi connectivity index (χ2n) is 5.84. The van der Waals surface area contributed by atoms with Crippen LogP contribution in [0, 0.1) is 0 Å². The van der Waals surface area contributed by atoms with Gasteiger partial charge in [-0.1, -0.05) is 0 Å². The molecule has 0 amide bonds. The first-order valence-electron chi connectivity index (χ1n) is 8.24. The van der Waals surface area contributed by atoms with Crippen molar-refractivity contribution in [1.29, 1.82) is 0 Å². The molecule has 0 atom stereocenters. The first-order chi connectivity index (χ1) is 13.5. The van der Waals surface area contributed by atoms with E-state index < -0.39 is 6.61 Å². The number of ether oxygens (including phenoxy) is 1. The number of halogens is 3. The van der Waals surface area contributed by atoms with Crippen LogP contribution in [0.3, 0.4) is 0 Å². The Hall–Kier alpha value is -2.85. The molecule has 148 valence electrons. The Labute approximate surface area is 162 Å². The van der Waals surface area contributed by atoms with Gasteiger partial charge in [-0.05, 0) is 47.5 Å². The molecule has 3 aromatic rings. The highest BCUT2D eigenvalue weighted by Crippen LogP contribution is 2.30. The SMILES string of the molecule is NC/C(=C\F)Cn1ncn(Cc2ccc(-c3ccc(OC(F)F)cc3)s2)c1=O. The Kier molecular flexibility index (Phi) is 6.32. The van der Waals surface area contributed by atoms with E-state index in [0.717, 1.165) is 20.0 Å². The highest BCUT2D eigenvalue weighted by atomic mass is 32.1. The lowest BCUT2D eigenvalue weighted by Gasteiger charge is -2.04. The van der Waals surface area contributed by atoms with Gasteiger partial charge in [0.15, 0.2) is 0 Å². The molecule has 0 saturated heterocycles. The zero-order valence-electron chi connectivity index (χ0n) is 14.6. The van der Waals surface area contributed by atoms with Crippen molar-refractivity contribution in [2.75, 3.05) is 6.54 Å². The van der Waals surface area contributed by atoms with Crippen LogP contribution in [0.1, 0.15) is 4.88 Å². The molecule has 0 saturated carbocycles. The van der Waals surface area contributed by atoms with Crippen molar-refractivity contribution in [3.8, 4) is 16.2 Å². The zero-order chi connectivity index (χ0) is 20.1. The molecule has 3 rings (SSSR count). The Morgan fingerprint density at radius 1 is 1.25 bits per heavy atom. The molecule has 0 aliphatic carbocycles. The molecule has 0 fully saturated rings. The maximum atomic E-state index is 12.6. The third-order valence-electron chi connectivity index (χ3n) is 3.92. The molecule has 28 heavy (non-hydrogen) atoms. The van der Waals surface area contributed by atoms with Crippen LogP contribution in [-0.4, -0.2) is 27.5 Å². The lowest BCUT2D eigenvalue weighted by Crippen LogP contribution is -2.26. The Morgan fingerprint density at radius 3 is 2.64 bits per heavy atom. The molecule has 2 heterocycles. The van der Waals surface area contributed by atoms with Crippen molar-refractivity contribution in [1.82, 2.24) is 14.3 Å². The second kappa shape index (κ2) is 8.89. The number of alkyl halides is 2. The quantitative estimate of drug-likeness (QED) is 0.619. The van der Waals surface area contributed by atoms with Crippen molar-refractivity contribution in [2.24, 2.45) is 5.73 Å². The Balaban J connectivity index is 1.71. The van der Waals surface area contributed by atoms with E-state index in [0.29, 0.717) is 12.9 Å². The molecular formula is C18H17F3N4O2S. The van der Waals surface area contributed by atoms with Crippen LogP contribution in [0.25, 0.3) is 10.4 Å². The van der Waals surface area contributed by atoms with Gasteiger partial charge in [-0.25, -0.2) is 13.9 Å². The van der Waals surface area contributed by atoms with Gasteiger partial charge in [-0.2, -0.15) is 13.9 Å². The summed E-state index contributed by atoms with van der Waals surface area (Å²) in [6.07, 6.45) is 1.78. The van der Waals surface area contributed by atoms with Crippen LogP contribution in [0.5, 0.6) is 5.75 Å². The molecule has 6 nitrogen and oxygen atoms in total. The fourth-order valence-electron chi connectivity index (χ4n) is 2.51. The zero-order valence-corrected chi connectivity index (χ0v) is 15.4. The first-order valence-corrected chi connectivity index (χ1v) is 9.06. The van der Waals surface area contributed by atoms with Gasteiger partial charge >= 0.3 is 12.3 Å². The fourth-order valence-corrected chi connectivity index (χ4v) is 3.52. The van der Waals surface area contributed by atoms with Crippen molar-refractivity contribution in [2.45, 2.75) is 19.7 Å². The standard InChI is InChI=1S/C18H17F3N4O2S/c19-7-12(8-22)9-25-18(26)24(11-23-25)10-15-5-6-16(28-15)13-1-3-14(4-2-13)27-17(20)21/h1-7,11,17H,8-10,22H2/b12-7+. The molecule has 0 bridgehead atoms. The summed E-state index contributed by atoms with van der Waals surface area (Å²) in [6.45, 7) is -2.54. The molecule has 0 radical (unpaired) electrons. The van der Waals surface area contributed by atoms with Crippen molar-refractivity contribution in [3.63, 3.8) is 0 Å². The number of aromatic nitrogens is 3. The molecule has 0 spiro atoms. The van der Waals surface area contributed by atoms with Crippen LogP contribution in [0.4, 0.5) is 13.2 Å². The van der Waals surface area contributed by atoms with E-state index in [4.69, 9.17) is 5.73 Å². The average molecular weight is 410 g/mol. The highest BCUT2D eigenvalue weighted by molar-refractivity contribution is 7.15. The van der Waals surface area contributed by atoms with Gasteiger partial charge in [-0.3, -0.25) is 4.57 Å². The van der Waals surface area contributed by atoms with Crippen molar-refractivity contribution < 1.29 is 17.9 Å². The number of hydrogen-bond donors (Lipinski definition) is 1. The number of nitrogens with two attached hydrogens (primary N) is 1. The summed E-state index contributed by atoms with van der Waals surface area (Å²) in [5.41, 5.74) is 6.15. The summed E-state index contributed by atoms with van der Waals surface area (Å²) in [6, 6.07) is 10.1. The van der Waals surface area contributed by atoms with E-state index in [9.17, 15) is 18.0 Å². The summed E-state index contributed by atoms with van der Waals surface area (Å²) in [7, 11) is 0. The summed E-state index contributed by atoms with van der Waals surface area (Å²) >= 11 is 1.46. The van der Waals surface area contributed by atoms with Crippen molar-refractivity contribution >= 4 is 11.3 Å². The minimum Gasteiger partial charge on any atom is -0.435 e. The Bertz CT molecular complexity index is 1010. The van der Waals surface area contributed by atoms with E-state index >= 15 is 0 Å². The van der Waals surface area contributed by atoms with Crippen LogP contribution in [0.2, 0.25) is 0 Å². The number of thiophene rings is 1. The number of hydrogen-bond acceptors (Lipinski definition) is 5. The maximum Gasteiger partial charge on any atom is 0.387 e. The second-order valence-corrected chi connectivity index (χ2v) is 7.01. The monoisotopic (exact) mass is 410 g/mol. The predicted octanol–water partition coefficient (Wildman–Crippen LogP) is 3.24. The number of benzene rings is 1. The van der Waals surface area contributed by atoms with Crippen LogP contribution < -0.4 is 16.2 Å². The molecule has 0 aliphatic heterocycles. The predicted molar refractivity (Wildman–Crippen MR) is 100 cm³/mol. The smallest absolute Gasteiger partial charge is 0.387 e. The lowest BCUT2D eigenvalue weighted by molar-refractivity contribution is -0.0498. The van der Waals surface area contributed by atoms with E-state index in [1.165, 1.54) is 34.4 Å². The van der Waals surface area contributed by atoms with Crippen molar-refractivity contribution in [3.05, 3.63) is 70.0 Å². The van der Waals surface area contributed by atoms with Crippen LogP contribution in [0.15, 0.2) is 59.4 Å². The summed E-state index contributed by atoms with van der Waals surface area (Å²) in [4.78, 5) is 14.2. The van der Waals surface area contributed by atoms with E-state index in [1.807, 2.05) is 12.1 Å². The van der Waals surface area contributed by atoms with Gasteiger partial charge in [0.25, 0.3) is 0 Å². The van der Waals surface area contributed by atoms with Gasteiger partial charge in [0, 0.05) is 16.3 Å².